The predicted molar refractivity (Wildman–Crippen MR) is 129 cm³/mol. The Labute approximate surface area is 203 Å². The molecule has 0 spiro atoms. The van der Waals surface area contributed by atoms with Crippen LogP contribution >= 0.6 is 0 Å². The molecule has 4 rings (SSSR count). The molecule has 2 aliphatic rings. The van der Waals surface area contributed by atoms with Gasteiger partial charge in [-0.1, -0.05) is 6.07 Å². The second-order valence-electron chi connectivity index (χ2n) is 10.1. The molecule has 0 saturated carbocycles. The van der Waals surface area contributed by atoms with Crippen LogP contribution in [-0.2, 0) is 17.6 Å². The molecule has 2 aromatic rings. The molecule has 2 amide bonds. The van der Waals surface area contributed by atoms with Gasteiger partial charge < -0.3 is 20.3 Å². The van der Waals surface area contributed by atoms with Crippen LogP contribution in [0.5, 0.6) is 0 Å². The van der Waals surface area contributed by atoms with Crippen LogP contribution in [-0.4, -0.2) is 58.4 Å². The summed E-state index contributed by atoms with van der Waals surface area (Å²) in [6.07, 6.45) is 2.65. The molecule has 1 saturated heterocycles. The van der Waals surface area contributed by atoms with E-state index in [2.05, 4.69) is 20.8 Å². The van der Waals surface area contributed by atoms with Gasteiger partial charge in [-0.2, -0.15) is 5.10 Å². The lowest BCUT2D eigenvalue weighted by Gasteiger charge is -2.33. The molecule has 1 fully saturated rings. The normalized spacial score (nSPS) is 16.3. The van der Waals surface area contributed by atoms with Crippen molar-refractivity contribution in [3.63, 3.8) is 0 Å². The topological polar surface area (TPSA) is 116 Å². The molecule has 3 heterocycles. The van der Waals surface area contributed by atoms with Gasteiger partial charge in [-0.05, 0) is 64.2 Å². The third-order valence-electron chi connectivity index (χ3n) is 6.19. The second-order valence-corrected chi connectivity index (χ2v) is 10.1. The molecule has 1 aromatic heterocycles. The molecule has 2 aliphatic heterocycles. The minimum Gasteiger partial charge on any atom is -0.444 e. The van der Waals surface area contributed by atoms with Gasteiger partial charge in [0.1, 0.15) is 11.4 Å². The Kier molecular flexibility index (Phi) is 7.09. The molecule has 0 bridgehead atoms. The third-order valence-corrected chi connectivity index (χ3v) is 6.19. The minimum atomic E-state index is -0.605. The van der Waals surface area contributed by atoms with Crippen molar-refractivity contribution in [2.45, 2.75) is 64.5 Å². The van der Waals surface area contributed by atoms with Crippen LogP contribution in [0, 0.1) is 5.82 Å². The Hall–Kier alpha value is -3.43. The minimum absolute atomic E-state index is 0.0386. The molecule has 9 nitrogen and oxygen atoms in total. The van der Waals surface area contributed by atoms with Gasteiger partial charge in [0.25, 0.3) is 11.5 Å². The van der Waals surface area contributed by atoms with Crippen LogP contribution in [0.2, 0.25) is 0 Å². The SMILES string of the molecule is CC(C)(C)OC(=O)N1CCC(NC(=O)c2cc(Cc3n[nH]c(=O)c4c3NCCC4)ccc2F)CC1. The number of anilines is 1. The Morgan fingerprint density at radius 3 is 2.71 bits per heavy atom. The number of amides is 2. The number of carbonyl (C=O) groups is 2. The maximum atomic E-state index is 14.6. The number of carbonyl (C=O) groups excluding carboxylic acids is 2. The number of benzene rings is 1. The summed E-state index contributed by atoms with van der Waals surface area (Å²) < 4.78 is 20.0. The smallest absolute Gasteiger partial charge is 0.410 e. The van der Waals surface area contributed by atoms with Crippen molar-refractivity contribution in [2.75, 3.05) is 25.0 Å². The van der Waals surface area contributed by atoms with E-state index in [-0.39, 0.29) is 23.3 Å². The molecule has 0 aliphatic carbocycles. The summed E-state index contributed by atoms with van der Waals surface area (Å²) in [4.78, 5) is 38.8. The molecule has 0 radical (unpaired) electrons. The number of fused-ring (bicyclic) bond motifs is 1. The molecule has 10 heteroatoms. The largest absolute Gasteiger partial charge is 0.444 e. The van der Waals surface area contributed by atoms with Gasteiger partial charge in [-0.3, -0.25) is 9.59 Å². The highest BCUT2D eigenvalue weighted by Gasteiger charge is 2.28. The number of likely N-dealkylation sites (tertiary alicyclic amines) is 1. The van der Waals surface area contributed by atoms with Gasteiger partial charge in [0.15, 0.2) is 0 Å². The number of hydrogen-bond donors (Lipinski definition) is 3. The summed E-state index contributed by atoms with van der Waals surface area (Å²) in [5.41, 5.74) is 1.98. The summed E-state index contributed by atoms with van der Waals surface area (Å²) in [6, 6.07) is 4.26. The van der Waals surface area contributed by atoms with Gasteiger partial charge in [-0.25, -0.2) is 14.3 Å². The monoisotopic (exact) mass is 485 g/mol. The van der Waals surface area contributed by atoms with E-state index in [1.54, 1.807) is 11.0 Å². The van der Waals surface area contributed by atoms with Crippen LogP contribution in [0.4, 0.5) is 14.9 Å². The first-order valence-electron chi connectivity index (χ1n) is 12.0. The maximum absolute atomic E-state index is 14.6. The lowest BCUT2D eigenvalue weighted by atomic mass is 9.99. The highest BCUT2D eigenvalue weighted by molar-refractivity contribution is 5.95. The summed E-state index contributed by atoms with van der Waals surface area (Å²) in [6.45, 7) is 7.13. The van der Waals surface area contributed by atoms with Crippen LogP contribution in [0.3, 0.4) is 0 Å². The Morgan fingerprint density at radius 2 is 2.00 bits per heavy atom. The van der Waals surface area contributed by atoms with E-state index >= 15 is 0 Å². The maximum Gasteiger partial charge on any atom is 0.410 e. The number of nitrogens with zero attached hydrogens (tertiary/aromatic N) is 2. The second kappa shape index (κ2) is 10.1. The van der Waals surface area contributed by atoms with E-state index in [1.807, 2.05) is 20.8 Å². The standard InChI is InChI=1S/C25H32FN5O4/c1-25(2,3)35-24(34)31-11-8-16(9-12-31)28-22(32)18-13-15(6-7-19(18)26)14-20-21-17(5-4-10-27-21)23(33)30-29-20/h6-7,13,16,27H,4-5,8-12,14H2,1-3H3,(H,28,32)(H,30,33). The highest BCUT2D eigenvalue weighted by atomic mass is 19.1. The lowest BCUT2D eigenvalue weighted by molar-refractivity contribution is 0.0199. The van der Waals surface area contributed by atoms with E-state index in [0.717, 1.165) is 18.7 Å². The molecular formula is C25H32FN5O4. The molecule has 0 atom stereocenters. The van der Waals surface area contributed by atoms with Crippen LogP contribution < -0.4 is 16.2 Å². The Morgan fingerprint density at radius 1 is 1.26 bits per heavy atom. The van der Waals surface area contributed by atoms with E-state index in [4.69, 9.17) is 4.74 Å². The molecular weight excluding hydrogens is 453 g/mol. The van der Waals surface area contributed by atoms with Gasteiger partial charge >= 0.3 is 6.09 Å². The average Bonchev–Trinajstić information content (AvgIpc) is 2.81. The number of piperidine rings is 1. The third kappa shape index (κ3) is 5.98. The van der Waals surface area contributed by atoms with E-state index in [9.17, 15) is 18.8 Å². The number of aromatic amines is 1. The van der Waals surface area contributed by atoms with Crippen molar-refractivity contribution in [1.82, 2.24) is 20.4 Å². The number of nitrogens with one attached hydrogen (secondary N) is 3. The van der Waals surface area contributed by atoms with Gasteiger partial charge in [0, 0.05) is 37.7 Å². The summed E-state index contributed by atoms with van der Waals surface area (Å²) in [5.74, 6) is -1.10. The average molecular weight is 486 g/mol. The summed E-state index contributed by atoms with van der Waals surface area (Å²) >= 11 is 0. The molecule has 188 valence electrons. The van der Waals surface area contributed by atoms with Crippen molar-refractivity contribution in [1.29, 1.82) is 0 Å². The van der Waals surface area contributed by atoms with Crippen molar-refractivity contribution < 1.29 is 18.7 Å². The van der Waals surface area contributed by atoms with Crippen molar-refractivity contribution in [3.05, 3.63) is 56.8 Å². The Bertz CT molecular complexity index is 1170. The van der Waals surface area contributed by atoms with E-state index in [0.29, 0.717) is 55.6 Å². The summed E-state index contributed by atoms with van der Waals surface area (Å²) in [5, 5.41) is 12.9. The van der Waals surface area contributed by atoms with Crippen LogP contribution in [0.15, 0.2) is 23.0 Å². The van der Waals surface area contributed by atoms with Crippen LogP contribution in [0.1, 0.15) is 67.2 Å². The molecule has 1 aromatic carbocycles. The number of rotatable bonds is 4. The number of ether oxygens (including phenoxy) is 1. The quantitative estimate of drug-likeness (QED) is 0.613. The fourth-order valence-electron chi connectivity index (χ4n) is 4.43. The molecule has 3 N–H and O–H groups in total. The van der Waals surface area contributed by atoms with Crippen molar-refractivity contribution >= 4 is 17.7 Å². The first kappa shape index (κ1) is 24.7. The van der Waals surface area contributed by atoms with E-state index < -0.39 is 17.3 Å². The first-order chi connectivity index (χ1) is 16.6. The zero-order valence-electron chi connectivity index (χ0n) is 20.4. The van der Waals surface area contributed by atoms with Crippen molar-refractivity contribution in [2.24, 2.45) is 0 Å². The fraction of sp³-hybridized carbons (Fsp3) is 0.520. The first-order valence-corrected chi connectivity index (χ1v) is 12.0. The highest BCUT2D eigenvalue weighted by Crippen LogP contribution is 2.24. The van der Waals surface area contributed by atoms with Gasteiger partial charge in [0.2, 0.25) is 0 Å². The van der Waals surface area contributed by atoms with E-state index in [1.165, 1.54) is 12.1 Å². The van der Waals surface area contributed by atoms with Gasteiger partial charge in [0.05, 0.1) is 16.9 Å². The number of aromatic nitrogens is 2. The zero-order chi connectivity index (χ0) is 25.2. The zero-order valence-corrected chi connectivity index (χ0v) is 20.4. The number of H-pyrrole nitrogens is 1. The van der Waals surface area contributed by atoms with Crippen molar-refractivity contribution in [3.8, 4) is 0 Å². The Balaban J connectivity index is 1.40. The molecule has 35 heavy (non-hydrogen) atoms. The van der Waals surface area contributed by atoms with Gasteiger partial charge in [-0.15, -0.1) is 0 Å². The number of halogens is 1. The lowest BCUT2D eigenvalue weighted by Crippen LogP contribution is -2.47. The predicted octanol–water partition coefficient (Wildman–Crippen LogP) is 2.99. The summed E-state index contributed by atoms with van der Waals surface area (Å²) in [7, 11) is 0. The fourth-order valence-corrected chi connectivity index (χ4v) is 4.43. The van der Waals surface area contributed by atoms with Crippen LogP contribution in [0.25, 0.3) is 0 Å². The molecule has 0 unspecified atom stereocenters. The number of hydrogen-bond acceptors (Lipinski definition) is 6.